The van der Waals surface area contributed by atoms with E-state index in [2.05, 4.69) is 22.8 Å². The summed E-state index contributed by atoms with van der Waals surface area (Å²) in [4.78, 5) is 40.8. The summed E-state index contributed by atoms with van der Waals surface area (Å²) >= 11 is 1.41. The molecule has 0 bridgehead atoms. The van der Waals surface area contributed by atoms with Crippen molar-refractivity contribution in [2.75, 3.05) is 11.1 Å². The average Bonchev–Trinajstić information content (AvgIpc) is 3.55. The lowest BCUT2D eigenvalue weighted by atomic mass is 10.0. The molecule has 1 aliphatic carbocycles. The number of benzene rings is 6. The van der Waals surface area contributed by atoms with Crippen LogP contribution in [0.25, 0.3) is 17.2 Å². The molecule has 7 heteroatoms. The molecule has 6 aromatic rings. The number of carbonyl (C=O) groups is 3. The molecule has 0 unspecified atom stereocenters. The minimum absolute atomic E-state index is 0.0403. The van der Waals surface area contributed by atoms with Crippen LogP contribution in [0.1, 0.15) is 43.0 Å². The maximum atomic E-state index is 13.7. The fraction of sp³-hybridized carbons (Fsp3) is 0.0682. The number of anilines is 1. The highest BCUT2D eigenvalue weighted by Gasteiger charge is 2.20. The number of hydrogen-bond donors (Lipinski definition) is 2. The molecule has 0 aromatic heterocycles. The van der Waals surface area contributed by atoms with Crippen molar-refractivity contribution in [3.05, 3.63) is 191 Å². The Kier molecular flexibility index (Phi) is 10.2. The van der Waals surface area contributed by atoms with E-state index in [1.165, 1.54) is 34.0 Å². The molecule has 2 amide bonds. The van der Waals surface area contributed by atoms with E-state index >= 15 is 0 Å². The first-order valence-electron chi connectivity index (χ1n) is 16.6. The van der Waals surface area contributed by atoms with E-state index in [4.69, 9.17) is 4.74 Å². The third-order valence-electron chi connectivity index (χ3n) is 8.55. The van der Waals surface area contributed by atoms with Crippen LogP contribution in [-0.2, 0) is 17.8 Å². The van der Waals surface area contributed by atoms with Gasteiger partial charge < -0.3 is 15.4 Å². The van der Waals surface area contributed by atoms with Crippen molar-refractivity contribution in [3.63, 3.8) is 0 Å². The molecule has 250 valence electrons. The number of Topliss-reactive ketones (excluding diaryl/α,β-unsaturated/α-hetero) is 1. The van der Waals surface area contributed by atoms with Gasteiger partial charge in [0.2, 0.25) is 0 Å². The number of amides is 2. The summed E-state index contributed by atoms with van der Waals surface area (Å²) in [7, 11) is 0. The zero-order chi connectivity index (χ0) is 35.0. The molecule has 7 rings (SSSR count). The number of carbonyl (C=O) groups excluding carboxylic acids is 3. The molecule has 0 atom stereocenters. The van der Waals surface area contributed by atoms with Crippen LogP contribution in [0.5, 0.6) is 5.75 Å². The van der Waals surface area contributed by atoms with Crippen molar-refractivity contribution in [1.82, 2.24) is 5.32 Å². The Labute approximate surface area is 301 Å². The van der Waals surface area contributed by atoms with Gasteiger partial charge in [0.15, 0.2) is 5.78 Å². The first kappa shape index (κ1) is 33.3. The highest BCUT2D eigenvalue weighted by atomic mass is 32.2. The van der Waals surface area contributed by atoms with Gasteiger partial charge in [-0.2, -0.15) is 0 Å². The van der Waals surface area contributed by atoms with E-state index in [0.717, 1.165) is 16.9 Å². The van der Waals surface area contributed by atoms with Crippen molar-refractivity contribution < 1.29 is 19.1 Å². The van der Waals surface area contributed by atoms with Crippen molar-refractivity contribution in [2.45, 2.75) is 17.9 Å². The zero-order valence-electron chi connectivity index (χ0n) is 27.7. The monoisotopic (exact) mass is 686 g/mol. The molecule has 0 fully saturated rings. The van der Waals surface area contributed by atoms with Crippen molar-refractivity contribution >= 4 is 41.1 Å². The number of fused-ring (bicyclic) bond motifs is 3. The molecule has 6 nitrogen and oxygen atoms in total. The molecule has 0 radical (unpaired) electrons. The molecular formula is C44H34N2O4S. The van der Waals surface area contributed by atoms with Gasteiger partial charge in [0, 0.05) is 21.7 Å². The Hall–Kier alpha value is -6.18. The summed E-state index contributed by atoms with van der Waals surface area (Å²) in [5, 5.41) is 5.71. The van der Waals surface area contributed by atoms with Crippen molar-refractivity contribution in [1.29, 1.82) is 0 Å². The number of nitrogens with one attached hydrogen (secondary N) is 2. The van der Waals surface area contributed by atoms with Crippen LogP contribution >= 0.6 is 11.8 Å². The first-order chi connectivity index (χ1) is 25.0. The molecule has 0 saturated carbocycles. The van der Waals surface area contributed by atoms with Crippen LogP contribution in [0.4, 0.5) is 5.69 Å². The second-order valence-corrected chi connectivity index (χ2v) is 13.2. The molecule has 0 spiro atoms. The van der Waals surface area contributed by atoms with E-state index in [1.54, 1.807) is 36.4 Å². The molecule has 0 aliphatic heterocycles. The Morgan fingerprint density at radius 3 is 2.20 bits per heavy atom. The summed E-state index contributed by atoms with van der Waals surface area (Å²) in [5.41, 5.74) is 8.39. The van der Waals surface area contributed by atoms with Gasteiger partial charge in [-0.1, -0.05) is 103 Å². The smallest absolute Gasteiger partial charge is 0.272 e. The van der Waals surface area contributed by atoms with Gasteiger partial charge in [0.25, 0.3) is 11.8 Å². The third kappa shape index (κ3) is 8.35. The maximum absolute atomic E-state index is 13.7. The van der Waals surface area contributed by atoms with E-state index < -0.39 is 11.8 Å². The Morgan fingerprint density at radius 1 is 0.667 bits per heavy atom. The van der Waals surface area contributed by atoms with Gasteiger partial charge in [-0.05, 0) is 94.4 Å². The molecule has 0 heterocycles. The topological polar surface area (TPSA) is 84.5 Å². The fourth-order valence-electron chi connectivity index (χ4n) is 5.92. The summed E-state index contributed by atoms with van der Waals surface area (Å²) in [5.74, 6) is 0.0921. The van der Waals surface area contributed by atoms with Gasteiger partial charge >= 0.3 is 0 Å². The summed E-state index contributed by atoms with van der Waals surface area (Å²) < 4.78 is 5.91. The molecule has 2 N–H and O–H groups in total. The fourth-order valence-corrected chi connectivity index (χ4v) is 6.77. The predicted molar refractivity (Wildman–Crippen MR) is 204 cm³/mol. The lowest BCUT2D eigenvalue weighted by Crippen LogP contribution is -2.30. The van der Waals surface area contributed by atoms with E-state index in [0.29, 0.717) is 34.7 Å². The van der Waals surface area contributed by atoms with Crippen LogP contribution in [-0.4, -0.2) is 23.4 Å². The van der Waals surface area contributed by atoms with Gasteiger partial charge in [0.05, 0.1) is 5.75 Å². The number of thioether (sulfide) groups is 1. The minimum Gasteiger partial charge on any atom is -0.489 e. The zero-order valence-corrected chi connectivity index (χ0v) is 28.5. The number of ether oxygens (including phenoxy) is 1. The highest BCUT2D eigenvalue weighted by Crippen LogP contribution is 2.37. The predicted octanol–water partition coefficient (Wildman–Crippen LogP) is 9.22. The number of hydrogen-bond acceptors (Lipinski definition) is 5. The van der Waals surface area contributed by atoms with E-state index in [1.807, 2.05) is 109 Å². The SMILES string of the molecule is O=C(Nc1cccc(SCC(=O)c2ccc3c(c2)Cc2ccccc2-3)c1)/C(=C/c1ccc(OCc2ccccc2)cc1)NC(=O)c1ccccc1. The second-order valence-electron chi connectivity index (χ2n) is 12.1. The normalized spacial score (nSPS) is 11.6. The molecule has 51 heavy (non-hydrogen) atoms. The van der Waals surface area contributed by atoms with Crippen LogP contribution in [0.3, 0.4) is 0 Å². The van der Waals surface area contributed by atoms with Crippen LogP contribution in [0.15, 0.2) is 162 Å². The number of rotatable bonds is 12. The minimum atomic E-state index is -0.485. The lowest BCUT2D eigenvalue weighted by Gasteiger charge is -2.12. The van der Waals surface area contributed by atoms with Crippen LogP contribution in [0, 0.1) is 0 Å². The molecule has 0 saturated heterocycles. The van der Waals surface area contributed by atoms with Gasteiger partial charge in [-0.25, -0.2) is 0 Å². The Bertz CT molecular complexity index is 2230. The Morgan fingerprint density at radius 2 is 1.39 bits per heavy atom. The number of ketones is 1. The van der Waals surface area contributed by atoms with Gasteiger partial charge in [0.1, 0.15) is 18.1 Å². The molecular weight excluding hydrogens is 653 g/mol. The highest BCUT2D eigenvalue weighted by molar-refractivity contribution is 8.00. The average molecular weight is 687 g/mol. The van der Waals surface area contributed by atoms with Gasteiger partial charge in [-0.3, -0.25) is 14.4 Å². The van der Waals surface area contributed by atoms with Crippen LogP contribution in [0.2, 0.25) is 0 Å². The quantitative estimate of drug-likeness (QED) is 0.0761. The van der Waals surface area contributed by atoms with E-state index in [-0.39, 0.29) is 17.2 Å². The van der Waals surface area contributed by atoms with Crippen LogP contribution < -0.4 is 15.4 Å². The van der Waals surface area contributed by atoms with Crippen molar-refractivity contribution in [3.8, 4) is 16.9 Å². The summed E-state index contributed by atoms with van der Waals surface area (Å²) in [6, 6.07) is 47.6. The Balaban J connectivity index is 1.02. The largest absolute Gasteiger partial charge is 0.489 e. The second kappa shape index (κ2) is 15.6. The molecule has 6 aromatic carbocycles. The maximum Gasteiger partial charge on any atom is 0.272 e. The molecule has 1 aliphatic rings. The lowest BCUT2D eigenvalue weighted by molar-refractivity contribution is -0.113. The van der Waals surface area contributed by atoms with Crippen molar-refractivity contribution in [2.24, 2.45) is 0 Å². The first-order valence-corrected chi connectivity index (χ1v) is 17.6. The van der Waals surface area contributed by atoms with Gasteiger partial charge in [-0.15, -0.1) is 11.8 Å². The standard InChI is InChI=1S/C44H34N2O4S/c47-42(34-20-23-40-35(26-34)25-33-14-7-8-17-39(33)40)29-51-38-16-9-15-36(27-38)45-44(49)41(46-43(48)32-12-5-2-6-13-32)24-30-18-21-37(22-19-30)50-28-31-10-3-1-4-11-31/h1-24,26-27H,25,28-29H2,(H,45,49)(H,46,48)/b41-24-. The van der Waals surface area contributed by atoms with E-state index in [9.17, 15) is 14.4 Å². The third-order valence-corrected chi connectivity index (χ3v) is 9.54. The summed E-state index contributed by atoms with van der Waals surface area (Å²) in [6.45, 7) is 0.436. The summed E-state index contributed by atoms with van der Waals surface area (Å²) in [6.07, 6.45) is 2.46.